The number of hydrogen-bond donors (Lipinski definition) is 2. The SMILES string of the molecule is CC(C)CNCC(O)Cn1cc(Br)cc([N+](=O)[O-])c1=O. The summed E-state index contributed by atoms with van der Waals surface area (Å²) in [6, 6.07) is 1.15. The Balaban J connectivity index is 2.77. The molecule has 0 saturated carbocycles. The number of rotatable bonds is 7. The molecule has 7 nitrogen and oxygen atoms in total. The minimum Gasteiger partial charge on any atom is -0.390 e. The molecule has 0 aliphatic rings. The zero-order valence-corrected chi connectivity index (χ0v) is 13.0. The minimum absolute atomic E-state index is 0.00418. The van der Waals surface area contributed by atoms with Crippen LogP contribution in [0.3, 0.4) is 0 Å². The molecule has 0 bridgehead atoms. The van der Waals surface area contributed by atoms with Crippen LogP contribution in [-0.4, -0.2) is 33.8 Å². The van der Waals surface area contributed by atoms with Crippen LogP contribution >= 0.6 is 15.9 Å². The lowest BCUT2D eigenvalue weighted by Gasteiger charge is -2.14. The maximum Gasteiger partial charge on any atom is 0.335 e. The molecule has 1 aromatic rings. The van der Waals surface area contributed by atoms with Gasteiger partial charge in [-0.3, -0.25) is 14.9 Å². The van der Waals surface area contributed by atoms with Gasteiger partial charge in [0.25, 0.3) is 0 Å². The van der Waals surface area contributed by atoms with Crippen molar-refractivity contribution < 1.29 is 10.0 Å². The Labute approximate surface area is 124 Å². The summed E-state index contributed by atoms with van der Waals surface area (Å²) in [6.07, 6.45) is 0.640. The standard InChI is InChI=1S/C12H18BrN3O4/c1-8(2)4-14-5-10(17)7-15-6-9(13)3-11(12(15)18)16(19)20/h3,6,8,10,14,17H,4-5,7H2,1-2H3. The molecule has 1 aromatic heterocycles. The van der Waals surface area contributed by atoms with Crippen LogP contribution in [0.4, 0.5) is 5.69 Å². The van der Waals surface area contributed by atoms with Gasteiger partial charge in [0.05, 0.1) is 17.6 Å². The summed E-state index contributed by atoms with van der Waals surface area (Å²) in [5, 5.41) is 23.7. The van der Waals surface area contributed by atoms with Gasteiger partial charge in [-0.25, -0.2) is 0 Å². The van der Waals surface area contributed by atoms with Gasteiger partial charge >= 0.3 is 11.2 Å². The van der Waals surface area contributed by atoms with Crippen molar-refractivity contribution in [1.29, 1.82) is 0 Å². The van der Waals surface area contributed by atoms with Gasteiger partial charge in [-0.05, 0) is 28.4 Å². The summed E-state index contributed by atoms with van der Waals surface area (Å²) in [4.78, 5) is 21.9. The van der Waals surface area contributed by atoms with Gasteiger partial charge in [0, 0.05) is 23.3 Å². The number of pyridine rings is 1. The van der Waals surface area contributed by atoms with E-state index in [2.05, 4.69) is 21.2 Å². The Hall–Kier alpha value is -1.25. The van der Waals surface area contributed by atoms with E-state index in [-0.39, 0.29) is 6.54 Å². The normalized spacial score (nSPS) is 12.7. The third-order valence-electron chi connectivity index (χ3n) is 2.57. The highest BCUT2D eigenvalue weighted by Crippen LogP contribution is 2.13. The first kappa shape index (κ1) is 16.8. The van der Waals surface area contributed by atoms with E-state index in [9.17, 15) is 20.0 Å². The third-order valence-corrected chi connectivity index (χ3v) is 3.00. The van der Waals surface area contributed by atoms with E-state index >= 15 is 0 Å². The van der Waals surface area contributed by atoms with E-state index in [4.69, 9.17) is 0 Å². The molecule has 0 saturated heterocycles. The van der Waals surface area contributed by atoms with Crippen LogP contribution in [0.25, 0.3) is 0 Å². The molecule has 20 heavy (non-hydrogen) atoms. The largest absolute Gasteiger partial charge is 0.390 e. The molecule has 0 aromatic carbocycles. The first-order valence-electron chi connectivity index (χ1n) is 6.24. The number of nitrogens with one attached hydrogen (secondary N) is 1. The molecule has 1 unspecified atom stereocenters. The van der Waals surface area contributed by atoms with Crippen molar-refractivity contribution in [3.8, 4) is 0 Å². The number of halogens is 1. The topological polar surface area (TPSA) is 97.4 Å². The smallest absolute Gasteiger partial charge is 0.335 e. The summed E-state index contributed by atoms with van der Waals surface area (Å²) in [7, 11) is 0. The van der Waals surface area contributed by atoms with Crippen LogP contribution in [0.2, 0.25) is 0 Å². The fourth-order valence-corrected chi connectivity index (χ4v) is 2.14. The van der Waals surface area contributed by atoms with Crippen molar-refractivity contribution >= 4 is 21.6 Å². The molecule has 112 valence electrons. The van der Waals surface area contributed by atoms with Crippen LogP contribution in [0, 0.1) is 16.0 Å². The van der Waals surface area contributed by atoms with Crippen LogP contribution in [-0.2, 0) is 6.54 Å². The Bertz CT molecular complexity index is 530. The van der Waals surface area contributed by atoms with E-state index in [0.29, 0.717) is 16.9 Å². The van der Waals surface area contributed by atoms with Crippen LogP contribution in [0.5, 0.6) is 0 Å². The van der Waals surface area contributed by atoms with Crippen molar-refractivity contribution in [1.82, 2.24) is 9.88 Å². The van der Waals surface area contributed by atoms with E-state index in [1.807, 2.05) is 13.8 Å². The summed E-state index contributed by atoms with van der Waals surface area (Å²) in [5.41, 5.74) is -1.23. The third kappa shape index (κ3) is 5.03. The number of nitrogens with zero attached hydrogens (tertiary/aromatic N) is 2. The molecule has 8 heteroatoms. The zero-order valence-electron chi connectivity index (χ0n) is 11.4. The molecular weight excluding hydrogens is 330 g/mol. The summed E-state index contributed by atoms with van der Waals surface area (Å²) in [6.45, 7) is 5.17. The molecule has 0 amide bonds. The highest BCUT2D eigenvalue weighted by Gasteiger charge is 2.17. The Morgan fingerprint density at radius 1 is 1.50 bits per heavy atom. The van der Waals surface area contributed by atoms with Gasteiger partial charge in [0.1, 0.15) is 0 Å². The van der Waals surface area contributed by atoms with Crippen molar-refractivity contribution in [3.05, 3.63) is 37.2 Å². The van der Waals surface area contributed by atoms with Crippen molar-refractivity contribution in [2.45, 2.75) is 26.5 Å². The van der Waals surface area contributed by atoms with Gasteiger partial charge < -0.3 is 15.0 Å². The molecule has 1 atom stereocenters. The zero-order chi connectivity index (χ0) is 15.3. The van der Waals surface area contributed by atoms with Crippen molar-refractivity contribution in [3.63, 3.8) is 0 Å². The van der Waals surface area contributed by atoms with E-state index < -0.39 is 22.3 Å². The number of aliphatic hydroxyl groups is 1. The highest BCUT2D eigenvalue weighted by atomic mass is 79.9. The van der Waals surface area contributed by atoms with Crippen LogP contribution in [0.1, 0.15) is 13.8 Å². The molecule has 2 N–H and O–H groups in total. The fraction of sp³-hybridized carbons (Fsp3) is 0.583. The lowest BCUT2D eigenvalue weighted by Crippen LogP contribution is -2.35. The minimum atomic E-state index is -0.791. The predicted octanol–water partition coefficient (Wildman–Crippen LogP) is 1.13. The van der Waals surface area contributed by atoms with E-state index in [0.717, 1.165) is 17.2 Å². The Morgan fingerprint density at radius 2 is 2.15 bits per heavy atom. The average molecular weight is 348 g/mol. The molecule has 0 radical (unpaired) electrons. The van der Waals surface area contributed by atoms with E-state index in [1.54, 1.807) is 0 Å². The number of nitro groups is 1. The first-order chi connectivity index (χ1) is 9.31. The summed E-state index contributed by atoms with van der Waals surface area (Å²) < 4.78 is 1.57. The van der Waals surface area contributed by atoms with Gasteiger partial charge in [-0.2, -0.15) is 0 Å². The molecule has 1 rings (SSSR count). The molecule has 1 heterocycles. The molecule has 0 aliphatic carbocycles. The maximum atomic E-state index is 11.8. The second-order valence-corrected chi connectivity index (χ2v) is 5.88. The van der Waals surface area contributed by atoms with Gasteiger partial charge in [-0.1, -0.05) is 13.8 Å². The molecular formula is C12H18BrN3O4. The van der Waals surface area contributed by atoms with Crippen molar-refractivity contribution in [2.75, 3.05) is 13.1 Å². The lowest BCUT2D eigenvalue weighted by atomic mass is 10.2. The molecule has 0 fully saturated rings. The highest BCUT2D eigenvalue weighted by molar-refractivity contribution is 9.10. The first-order valence-corrected chi connectivity index (χ1v) is 7.03. The monoisotopic (exact) mass is 347 g/mol. The van der Waals surface area contributed by atoms with Gasteiger partial charge in [-0.15, -0.1) is 0 Å². The lowest BCUT2D eigenvalue weighted by molar-refractivity contribution is -0.386. The van der Waals surface area contributed by atoms with Crippen molar-refractivity contribution in [2.24, 2.45) is 5.92 Å². The number of aliphatic hydroxyl groups excluding tert-OH is 1. The number of aromatic nitrogens is 1. The van der Waals surface area contributed by atoms with Gasteiger partial charge in [0.2, 0.25) is 0 Å². The maximum absolute atomic E-state index is 11.8. The Morgan fingerprint density at radius 3 is 2.70 bits per heavy atom. The van der Waals surface area contributed by atoms with Crippen LogP contribution in [0.15, 0.2) is 21.5 Å². The van der Waals surface area contributed by atoms with E-state index in [1.165, 1.54) is 6.20 Å². The summed E-state index contributed by atoms with van der Waals surface area (Å²) in [5.74, 6) is 0.455. The number of hydrogen-bond acceptors (Lipinski definition) is 5. The fourth-order valence-electron chi connectivity index (χ4n) is 1.68. The Kier molecular flexibility index (Phi) is 6.31. The average Bonchev–Trinajstić information content (AvgIpc) is 2.32. The second kappa shape index (κ2) is 7.51. The second-order valence-electron chi connectivity index (χ2n) is 4.96. The predicted molar refractivity (Wildman–Crippen MR) is 78.8 cm³/mol. The van der Waals surface area contributed by atoms with Crippen LogP contribution < -0.4 is 10.9 Å². The quantitative estimate of drug-likeness (QED) is 0.569. The molecule has 0 spiro atoms. The molecule has 0 aliphatic heterocycles. The van der Waals surface area contributed by atoms with Gasteiger partial charge in [0.15, 0.2) is 0 Å². The summed E-state index contributed by atoms with van der Waals surface area (Å²) >= 11 is 3.12.